The number of unbranched alkanes of at least 4 members (excludes halogenated alkanes) is 14. The van der Waals surface area contributed by atoms with Crippen LogP contribution in [0.3, 0.4) is 0 Å². The molecule has 0 aliphatic heterocycles. The van der Waals surface area contributed by atoms with Crippen molar-refractivity contribution in [1.29, 1.82) is 0 Å². The third-order valence-electron chi connectivity index (χ3n) is 7.68. The van der Waals surface area contributed by atoms with Crippen LogP contribution in [-0.4, -0.2) is 64.9 Å². The van der Waals surface area contributed by atoms with Crippen LogP contribution in [-0.2, 0) is 32.7 Å². The molecule has 0 aromatic rings. The first-order valence-electron chi connectivity index (χ1n) is 18.5. The Morgan fingerprint density at radius 2 is 1.12 bits per heavy atom. The quantitative estimate of drug-likeness (QED) is 0.0219. The van der Waals surface area contributed by atoms with E-state index in [1.807, 2.05) is 6.92 Å². The minimum absolute atomic E-state index is 0.136. The summed E-state index contributed by atoms with van der Waals surface area (Å²) in [5.74, 6) is -2.41. The van der Waals surface area contributed by atoms with Gasteiger partial charge < -0.3 is 25.2 Å². The number of aliphatic hydroxyl groups is 1. The Morgan fingerprint density at radius 3 is 1.71 bits per heavy atom. The zero-order valence-electron chi connectivity index (χ0n) is 30.2. The maximum absolute atomic E-state index is 12.1. The lowest BCUT2D eigenvalue weighted by Crippen LogP contribution is -2.43. The number of amides is 1. The van der Waals surface area contributed by atoms with Gasteiger partial charge in [0.05, 0.1) is 13.2 Å². The van der Waals surface area contributed by atoms with E-state index in [1.54, 1.807) is 0 Å². The van der Waals surface area contributed by atoms with Crippen LogP contribution in [0.4, 0.5) is 0 Å². The van der Waals surface area contributed by atoms with E-state index in [0.717, 1.165) is 57.8 Å². The Labute approximate surface area is 295 Å². The number of carbonyl (C=O) groups excluding carboxylic acids is 2. The third-order valence-corrected chi connectivity index (χ3v) is 8.63. The summed E-state index contributed by atoms with van der Waals surface area (Å²) < 4.78 is 26.5. The van der Waals surface area contributed by atoms with Gasteiger partial charge in [-0.05, 0) is 51.4 Å². The minimum Gasteiger partial charge on any atom is -0.480 e. The zero-order chi connectivity index (χ0) is 36.4. The van der Waals surface area contributed by atoms with E-state index in [1.165, 1.54) is 51.4 Å². The van der Waals surface area contributed by atoms with Gasteiger partial charge in [0.2, 0.25) is 5.91 Å². The summed E-state index contributed by atoms with van der Waals surface area (Å²) in [7, 11) is -4.73. The maximum Gasteiger partial charge on any atom is 0.472 e. The van der Waals surface area contributed by atoms with Crippen LogP contribution >= 0.6 is 7.82 Å². The van der Waals surface area contributed by atoms with Gasteiger partial charge >= 0.3 is 19.8 Å². The molecule has 4 N–H and O–H groups in total. The predicted octanol–water partition coefficient (Wildman–Crippen LogP) is 8.49. The van der Waals surface area contributed by atoms with E-state index in [4.69, 9.17) is 13.8 Å². The number of carbonyl (C=O) groups is 3. The van der Waals surface area contributed by atoms with Crippen molar-refractivity contribution in [3.8, 4) is 0 Å². The highest BCUT2D eigenvalue weighted by molar-refractivity contribution is 7.47. The number of nitrogens with one attached hydrogen (secondary N) is 1. The molecule has 284 valence electrons. The standard InChI is InChI=1S/C37H66NO10P/c1-3-5-7-9-10-11-12-13-14-15-16-17-18-19-20-21-22-23-24-25-27-29-36(41)46-30-33(39)31-47-49(44,45)48-32-34(37(42)43)38-35(40)28-26-8-6-4-2/h10-11,13-14,16-17,33-34,39H,3-9,12,15,18-32H2,1-2H3,(H,38,40)(H,42,43)(H,44,45)/b11-10-,14-13-,17-16-. The number of hydrogen-bond donors (Lipinski definition) is 4. The molecule has 0 rings (SSSR count). The van der Waals surface area contributed by atoms with Crippen molar-refractivity contribution in [3.63, 3.8) is 0 Å². The maximum atomic E-state index is 12.1. The molecule has 11 nitrogen and oxygen atoms in total. The SMILES string of the molecule is CCCCC/C=C\C/C=C\C/C=C\CCCCCCCCCCC(=O)OCC(O)COP(=O)(O)OCC(NC(=O)CCCCCC)C(=O)O. The summed E-state index contributed by atoms with van der Waals surface area (Å²) in [6.07, 6.45) is 32.7. The van der Waals surface area contributed by atoms with E-state index in [2.05, 4.69) is 48.7 Å². The highest BCUT2D eigenvalue weighted by Gasteiger charge is 2.28. The van der Waals surface area contributed by atoms with E-state index in [0.29, 0.717) is 12.8 Å². The lowest BCUT2D eigenvalue weighted by atomic mass is 10.1. The number of hydrogen-bond acceptors (Lipinski definition) is 8. The summed E-state index contributed by atoms with van der Waals surface area (Å²) in [6.45, 7) is 2.36. The van der Waals surface area contributed by atoms with Crippen molar-refractivity contribution in [2.24, 2.45) is 0 Å². The van der Waals surface area contributed by atoms with Crippen molar-refractivity contribution in [3.05, 3.63) is 36.5 Å². The van der Waals surface area contributed by atoms with Crippen LogP contribution in [0, 0.1) is 0 Å². The lowest BCUT2D eigenvalue weighted by molar-refractivity contribution is -0.147. The molecule has 49 heavy (non-hydrogen) atoms. The fourth-order valence-corrected chi connectivity index (χ4v) is 5.50. The van der Waals surface area contributed by atoms with Gasteiger partial charge in [-0.15, -0.1) is 0 Å². The molecule has 0 aliphatic carbocycles. The Hall–Kier alpha value is -2.30. The summed E-state index contributed by atoms with van der Waals surface area (Å²) in [6, 6.07) is -1.54. The molecular weight excluding hydrogens is 649 g/mol. The third kappa shape index (κ3) is 32.7. The lowest BCUT2D eigenvalue weighted by Gasteiger charge is -2.18. The first-order chi connectivity index (χ1) is 23.6. The van der Waals surface area contributed by atoms with Gasteiger partial charge in [-0.1, -0.05) is 121 Å². The van der Waals surface area contributed by atoms with Gasteiger partial charge in [0.1, 0.15) is 12.7 Å². The molecule has 0 fully saturated rings. The molecule has 0 saturated carbocycles. The number of phosphoric ester groups is 1. The van der Waals surface area contributed by atoms with E-state index >= 15 is 0 Å². The Balaban J connectivity index is 3.82. The number of allylic oxidation sites excluding steroid dienone is 6. The molecule has 0 aromatic heterocycles. The molecule has 0 saturated heterocycles. The predicted molar refractivity (Wildman–Crippen MR) is 194 cm³/mol. The average molecular weight is 716 g/mol. The van der Waals surface area contributed by atoms with Crippen LogP contribution < -0.4 is 5.32 Å². The monoisotopic (exact) mass is 715 g/mol. The van der Waals surface area contributed by atoms with E-state index in [9.17, 15) is 34.1 Å². The van der Waals surface area contributed by atoms with Crippen molar-refractivity contribution in [2.75, 3.05) is 19.8 Å². The topological polar surface area (TPSA) is 169 Å². The Bertz CT molecular complexity index is 984. The summed E-state index contributed by atoms with van der Waals surface area (Å²) in [5.41, 5.74) is 0. The number of esters is 1. The molecule has 3 atom stereocenters. The van der Waals surface area contributed by atoms with Crippen LogP contribution in [0.2, 0.25) is 0 Å². The largest absolute Gasteiger partial charge is 0.480 e. The second-order valence-corrected chi connectivity index (χ2v) is 13.9. The average Bonchev–Trinajstić information content (AvgIpc) is 3.07. The van der Waals surface area contributed by atoms with Crippen molar-refractivity contribution >= 4 is 25.7 Å². The van der Waals surface area contributed by atoms with Crippen LogP contribution in [0.15, 0.2) is 36.5 Å². The Morgan fingerprint density at radius 1 is 0.653 bits per heavy atom. The van der Waals surface area contributed by atoms with Crippen LogP contribution in [0.1, 0.15) is 149 Å². The van der Waals surface area contributed by atoms with Gasteiger partial charge in [0.25, 0.3) is 0 Å². The zero-order valence-corrected chi connectivity index (χ0v) is 31.1. The number of ether oxygens (including phenoxy) is 1. The number of aliphatic carboxylic acids is 1. The molecule has 1 amide bonds. The molecule has 0 spiro atoms. The van der Waals surface area contributed by atoms with Gasteiger partial charge in [-0.2, -0.15) is 0 Å². The van der Waals surface area contributed by atoms with Gasteiger partial charge in [0, 0.05) is 12.8 Å². The molecule has 12 heteroatoms. The van der Waals surface area contributed by atoms with Crippen molar-refractivity contribution < 1.29 is 47.8 Å². The fraction of sp³-hybridized carbons (Fsp3) is 0.757. The second kappa shape index (κ2) is 32.9. The first-order valence-corrected chi connectivity index (χ1v) is 20.0. The first kappa shape index (κ1) is 46.7. The highest BCUT2D eigenvalue weighted by Crippen LogP contribution is 2.43. The fourth-order valence-electron chi connectivity index (χ4n) is 4.73. The number of rotatable bonds is 34. The number of carboxylic acid groups (broad SMARTS) is 1. The van der Waals surface area contributed by atoms with E-state index < -0.39 is 57.6 Å². The molecule has 0 radical (unpaired) electrons. The number of aliphatic hydroxyl groups excluding tert-OH is 1. The minimum atomic E-state index is -4.73. The number of phosphoric acid groups is 1. The molecule has 0 bridgehead atoms. The Kier molecular flexibility index (Phi) is 31.3. The van der Waals surface area contributed by atoms with Crippen molar-refractivity contribution in [1.82, 2.24) is 5.32 Å². The molecule has 0 aromatic carbocycles. The van der Waals surface area contributed by atoms with Gasteiger partial charge in [0.15, 0.2) is 6.04 Å². The molecular formula is C37H66NO10P. The van der Waals surface area contributed by atoms with Gasteiger partial charge in [-0.3, -0.25) is 18.6 Å². The normalized spacial score (nSPS) is 14.4. The molecule has 3 unspecified atom stereocenters. The molecule has 0 heterocycles. The smallest absolute Gasteiger partial charge is 0.472 e. The van der Waals surface area contributed by atoms with E-state index in [-0.39, 0.29) is 12.8 Å². The highest BCUT2D eigenvalue weighted by atomic mass is 31.2. The number of carboxylic acids is 1. The van der Waals surface area contributed by atoms with Crippen LogP contribution in [0.5, 0.6) is 0 Å². The van der Waals surface area contributed by atoms with Gasteiger partial charge in [-0.25, -0.2) is 9.36 Å². The second-order valence-electron chi connectivity index (χ2n) is 12.4. The summed E-state index contributed by atoms with van der Waals surface area (Å²) >= 11 is 0. The summed E-state index contributed by atoms with van der Waals surface area (Å²) in [4.78, 5) is 45.1. The summed E-state index contributed by atoms with van der Waals surface area (Å²) in [5, 5.41) is 21.5. The molecule has 0 aliphatic rings. The van der Waals surface area contributed by atoms with Crippen LogP contribution in [0.25, 0.3) is 0 Å². The van der Waals surface area contributed by atoms with Crippen molar-refractivity contribution in [2.45, 2.75) is 161 Å².